The average molecular weight is 301 g/mol. The molecule has 0 spiro atoms. The third-order valence-corrected chi connectivity index (χ3v) is 3.31. The Labute approximate surface area is 124 Å². The van der Waals surface area contributed by atoms with Gasteiger partial charge >= 0.3 is 0 Å². The summed E-state index contributed by atoms with van der Waals surface area (Å²) in [6.45, 7) is 0.736. The lowest BCUT2D eigenvalue weighted by Gasteiger charge is -2.21. The summed E-state index contributed by atoms with van der Waals surface area (Å²) >= 11 is 5.97. The molecule has 0 aliphatic carbocycles. The van der Waals surface area contributed by atoms with Gasteiger partial charge in [-0.2, -0.15) is 0 Å². The Morgan fingerprint density at radius 1 is 1.45 bits per heavy atom. The number of nitrogens with zero attached hydrogens (tertiary/aromatic N) is 1. The number of hydrogen-bond donors (Lipinski definition) is 1. The summed E-state index contributed by atoms with van der Waals surface area (Å²) in [5.74, 6) is 0.667. The molecule has 0 aromatic heterocycles. The van der Waals surface area contributed by atoms with Crippen molar-refractivity contribution in [2.75, 3.05) is 27.8 Å². The van der Waals surface area contributed by atoms with Gasteiger partial charge in [-0.05, 0) is 18.2 Å². The Hall–Kier alpha value is -1.30. The van der Waals surface area contributed by atoms with E-state index < -0.39 is 0 Å². The van der Waals surface area contributed by atoms with E-state index in [2.05, 4.69) is 0 Å². The standard InChI is InChI=1S/C14H21ClN2O3/c1-17(14(18)7-12(8-16)19-2)9-10-6-11(15)4-5-13(10)20-3/h4-6,12H,7-9,16H2,1-3H3. The number of amides is 1. The number of carbonyl (C=O) groups is 1. The SMILES string of the molecule is COc1ccc(Cl)cc1CN(C)C(=O)CC(CN)OC. The zero-order chi connectivity index (χ0) is 15.1. The van der Waals surface area contributed by atoms with Crippen LogP contribution >= 0.6 is 11.6 Å². The first-order valence-electron chi connectivity index (χ1n) is 6.31. The minimum Gasteiger partial charge on any atom is -0.496 e. The molecule has 1 aromatic rings. The molecule has 0 bridgehead atoms. The molecule has 20 heavy (non-hydrogen) atoms. The first-order chi connectivity index (χ1) is 9.51. The zero-order valence-electron chi connectivity index (χ0n) is 12.1. The van der Waals surface area contributed by atoms with Gasteiger partial charge in [0.15, 0.2) is 0 Å². The van der Waals surface area contributed by atoms with Crippen LogP contribution in [0.3, 0.4) is 0 Å². The fourth-order valence-corrected chi connectivity index (χ4v) is 2.02. The van der Waals surface area contributed by atoms with Crippen molar-refractivity contribution in [3.63, 3.8) is 0 Å². The van der Waals surface area contributed by atoms with Crippen molar-refractivity contribution in [1.82, 2.24) is 4.90 Å². The van der Waals surface area contributed by atoms with Crippen LogP contribution in [0.4, 0.5) is 0 Å². The molecule has 6 heteroatoms. The van der Waals surface area contributed by atoms with Crippen molar-refractivity contribution in [2.45, 2.75) is 19.1 Å². The summed E-state index contributed by atoms with van der Waals surface area (Å²) in [5.41, 5.74) is 6.38. The highest BCUT2D eigenvalue weighted by molar-refractivity contribution is 6.30. The predicted molar refractivity (Wildman–Crippen MR) is 78.9 cm³/mol. The highest BCUT2D eigenvalue weighted by Crippen LogP contribution is 2.23. The summed E-state index contributed by atoms with van der Waals surface area (Å²) in [6.07, 6.45) is -0.00181. The van der Waals surface area contributed by atoms with Crippen molar-refractivity contribution in [2.24, 2.45) is 5.73 Å². The number of ether oxygens (including phenoxy) is 2. The van der Waals surface area contributed by atoms with Gasteiger partial charge in [0.2, 0.25) is 5.91 Å². The molecule has 0 aliphatic rings. The topological polar surface area (TPSA) is 64.8 Å². The molecule has 1 rings (SSSR count). The van der Waals surface area contributed by atoms with Crippen molar-refractivity contribution in [3.05, 3.63) is 28.8 Å². The van der Waals surface area contributed by atoms with Crippen LogP contribution in [0.15, 0.2) is 18.2 Å². The molecule has 0 radical (unpaired) electrons. The molecular formula is C14H21ClN2O3. The molecule has 1 aromatic carbocycles. The monoisotopic (exact) mass is 300 g/mol. The Balaban J connectivity index is 2.72. The van der Waals surface area contributed by atoms with E-state index in [0.29, 0.717) is 23.9 Å². The second kappa shape index (κ2) is 8.09. The van der Waals surface area contributed by atoms with Gasteiger partial charge in [-0.25, -0.2) is 0 Å². The van der Waals surface area contributed by atoms with E-state index in [-0.39, 0.29) is 18.4 Å². The van der Waals surface area contributed by atoms with E-state index in [1.807, 2.05) is 0 Å². The largest absolute Gasteiger partial charge is 0.496 e. The van der Waals surface area contributed by atoms with Crippen LogP contribution in [0.1, 0.15) is 12.0 Å². The van der Waals surface area contributed by atoms with E-state index in [9.17, 15) is 4.79 Å². The molecule has 1 atom stereocenters. The number of benzene rings is 1. The zero-order valence-corrected chi connectivity index (χ0v) is 12.8. The predicted octanol–water partition coefficient (Wildman–Crippen LogP) is 1.67. The average Bonchev–Trinajstić information content (AvgIpc) is 2.44. The molecule has 2 N–H and O–H groups in total. The third kappa shape index (κ3) is 4.67. The molecule has 0 heterocycles. The molecular weight excluding hydrogens is 280 g/mol. The lowest BCUT2D eigenvalue weighted by Crippen LogP contribution is -2.33. The molecule has 1 amide bonds. The van der Waals surface area contributed by atoms with Crippen LogP contribution < -0.4 is 10.5 Å². The number of nitrogens with two attached hydrogens (primary N) is 1. The Bertz CT molecular complexity index is 450. The van der Waals surface area contributed by atoms with E-state index in [1.54, 1.807) is 44.4 Å². The van der Waals surface area contributed by atoms with Crippen LogP contribution in [-0.2, 0) is 16.1 Å². The van der Waals surface area contributed by atoms with Crippen LogP contribution in [0, 0.1) is 0 Å². The fraction of sp³-hybridized carbons (Fsp3) is 0.500. The Kier molecular flexibility index (Phi) is 6.78. The second-order valence-electron chi connectivity index (χ2n) is 4.50. The molecule has 0 saturated carbocycles. The van der Waals surface area contributed by atoms with Crippen LogP contribution in [0.2, 0.25) is 5.02 Å². The van der Waals surface area contributed by atoms with Gasteiger partial charge in [0.1, 0.15) is 5.75 Å². The second-order valence-corrected chi connectivity index (χ2v) is 4.94. The van der Waals surface area contributed by atoms with Crippen molar-refractivity contribution in [3.8, 4) is 5.75 Å². The molecule has 1 unspecified atom stereocenters. The Morgan fingerprint density at radius 2 is 2.15 bits per heavy atom. The highest BCUT2D eigenvalue weighted by atomic mass is 35.5. The summed E-state index contributed by atoms with van der Waals surface area (Å²) < 4.78 is 10.4. The normalized spacial score (nSPS) is 12.1. The third-order valence-electron chi connectivity index (χ3n) is 3.07. The maximum absolute atomic E-state index is 12.1. The van der Waals surface area contributed by atoms with Gasteiger partial charge in [0, 0.05) is 37.8 Å². The number of rotatable bonds is 7. The van der Waals surface area contributed by atoms with Gasteiger partial charge in [0.25, 0.3) is 0 Å². The van der Waals surface area contributed by atoms with Crippen LogP contribution in [0.5, 0.6) is 5.75 Å². The molecule has 0 saturated heterocycles. The quantitative estimate of drug-likeness (QED) is 0.832. The van der Waals surface area contributed by atoms with Crippen molar-refractivity contribution in [1.29, 1.82) is 0 Å². The molecule has 5 nitrogen and oxygen atoms in total. The van der Waals surface area contributed by atoms with Crippen molar-refractivity contribution >= 4 is 17.5 Å². The fourth-order valence-electron chi connectivity index (χ4n) is 1.83. The minimum absolute atomic E-state index is 0.0377. The lowest BCUT2D eigenvalue weighted by molar-refractivity contribution is -0.132. The van der Waals surface area contributed by atoms with E-state index in [1.165, 1.54) is 0 Å². The molecule has 112 valence electrons. The maximum atomic E-state index is 12.1. The van der Waals surface area contributed by atoms with E-state index in [4.69, 9.17) is 26.8 Å². The summed E-state index contributed by atoms with van der Waals surface area (Å²) in [7, 11) is 4.86. The molecule has 0 aliphatic heterocycles. The number of halogens is 1. The van der Waals surface area contributed by atoms with Gasteiger partial charge in [-0.15, -0.1) is 0 Å². The Morgan fingerprint density at radius 3 is 2.70 bits per heavy atom. The van der Waals surface area contributed by atoms with Gasteiger partial charge in [-0.3, -0.25) is 4.79 Å². The first kappa shape index (κ1) is 16.8. The van der Waals surface area contributed by atoms with Crippen molar-refractivity contribution < 1.29 is 14.3 Å². The molecule has 0 fully saturated rings. The van der Waals surface area contributed by atoms with E-state index in [0.717, 1.165) is 5.56 Å². The summed E-state index contributed by atoms with van der Waals surface area (Å²) in [6, 6.07) is 5.33. The van der Waals surface area contributed by atoms with Gasteiger partial charge < -0.3 is 20.1 Å². The highest BCUT2D eigenvalue weighted by Gasteiger charge is 2.17. The smallest absolute Gasteiger partial charge is 0.225 e. The minimum atomic E-state index is -0.258. The number of methoxy groups -OCH3 is 2. The van der Waals surface area contributed by atoms with Gasteiger partial charge in [-0.1, -0.05) is 11.6 Å². The first-order valence-corrected chi connectivity index (χ1v) is 6.68. The number of carbonyl (C=O) groups excluding carboxylic acids is 1. The summed E-state index contributed by atoms with van der Waals surface area (Å²) in [4.78, 5) is 13.7. The van der Waals surface area contributed by atoms with Crippen LogP contribution in [-0.4, -0.2) is 44.7 Å². The van der Waals surface area contributed by atoms with Crippen LogP contribution in [0.25, 0.3) is 0 Å². The maximum Gasteiger partial charge on any atom is 0.225 e. The van der Waals surface area contributed by atoms with Gasteiger partial charge in [0.05, 0.1) is 19.6 Å². The number of hydrogen-bond acceptors (Lipinski definition) is 4. The lowest BCUT2D eigenvalue weighted by atomic mass is 10.1. The van der Waals surface area contributed by atoms with E-state index >= 15 is 0 Å². The summed E-state index contributed by atoms with van der Waals surface area (Å²) in [5, 5.41) is 0.610.